The van der Waals surface area contributed by atoms with Gasteiger partial charge in [0.2, 0.25) is 0 Å². The molecule has 7 aromatic rings. The zero-order valence-corrected chi connectivity index (χ0v) is 58.4. The number of methoxy groups -OCH3 is 1. The molecule has 7 aromatic carbocycles. The smallest absolute Gasteiger partial charge is 0.161 e. The van der Waals surface area contributed by atoms with Gasteiger partial charge in [0.1, 0.15) is 17.4 Å². The summed E-state index contributed by atoms with van der Waals surface area (Å²) in [5, 5.41) is 0. The molecular weight excluding hydrogens is 1140 g/mol. The molecule has 0 aliphatic carbocycles. The molecule has 0 aliphatic heterocycles. The van der Waals surface area contributed by atoms with Gasteiger partial charge in [-0.15, -0.1) is 0 Å². The maximum absolute atomic E-state index is 13.0. The third-order valence-electron chi connectivity index (χ3n) is 12.5. The van der Waals surface area contributed by atoms with Crippen molar-refractivity contribution in [3.05, 3.63) is 309 Å². The Morgan fingerprint density at radius 1 is 0.293 bits per heavy atom. The zero-order valence-electron chi connectivity index (χ0n) is 58.4. The normalized spacial score (nSPS) is 11.4. The van der Waals surface area contributed by atoms with Gasteiger partial charge in [-0.25, -0.2) is 17.6 Å². The van der Waals surface area contributed by atoms with Crippen molar-refractivity contribution in [3.8, 4) is 5.75 Å². The van der Waals surface area contributed by atoms with Crippen LogP contribution in [0, 0.1) is 92.4 Å². The Labute approximate surface area is 557 Å². The molecule has 0 radical (unpaired) electrons. The third-order valence-corrected chi connectivity index (χ3v) is 12.5. The average Bonchev–Trinajstić information content (AvgIpc) is 1.11. The van der Waals surface area contributed by atoms with E-state index in [0.29, 0.717) is 63.7 Å². The number of rotatable bonds is 17. The lowest BCUT2D eigenvalue weighted by molar-refractivity contribution is 0.415. The van der Waals surface area contributed by atoms with Gasteiger partial charge in [-0.2, -0.15) is 0 Å². The maximum atomic E-state index is 13.0. The first-order valence-electron chi connectivity index (χ1n) is 32.1. The van der Waals surface area contributed by atoms with Crippen LogP contribution in [0.15, 0.2) is 225 Å². The molecule has 0 spiro atoms. The van der Waals surface area contributed by atoms with Crippen LogP contribution in [-0.4, -0.2) is 7.11 Å². The predicted octanol–water partition coefficient (Wildman–Crippen LogP) is 27.0. The Morgan fingerprint density at radius 3 is 1.14 bits per heavy atom. The molecule has 0 unspecified atom stereocenters. The molecule has 0 saturated heterocycles. The van der Waals surface area contributed by atoms with Crippen molar-refractivity contribution in [2.45, 2.75) is 132 Å². The summed E-state index contributed by atoms with van der Waals surface area (Å²) in [5.74, 6) is 2.95. The van der Waals surface area contributed by atoms with E-state index in [1.54, 1.807) is 51.3 Å². The average molecular weight is 1250 g/mol. The third kappa shape index (κ3) is 43.4. The van der Waals surface area contributed by atoms with Crippen LogP contribution in [0.2, 0.25) is 0 Å². The highest BCUT2D eigenvalue weighted by Crippen LogP contribution is 2.18. The highest BCUT2D eigenvalue weighted by atomic mass is 19.2. The fraction of sp³-hybridized carbons (Fsp3) is 0.310. The summed E-state index contributed by atoms with van der Waals surface area (Å²) in [7, 11) is 1.68. The first-order valence-corrected chi connectivity index (χ1v) is 32.1. The second-order valence-corrected chi connectivity index (χ2v) is 24.7. The molecule has 92 heavy (non-hydrogen) atoms. The van der Waals surface area contributed by atoms with E-state index in [1.165, 1.54) is 51.6 Å². The quantitative estimate of drug-likeness (QED) is 0.0652. The summed E-state index contributed by atoms with van der Waals surface area (Å²) in [6, 6.07) is 50.2. The van der Waals surface area contributed by atoms with E-state index < -0.39 is 11.6 Å². The minimum Gasteiger partial charge on any atom is -0.497 e. The van der Waals surface area contributed by atoms with Crippen molar-refractivity contribution in [1.29, 1.82) is 0 Å². The molecule has 0 atom stereocenters. The largest absolute Gasteiger partial charge is 0.497 e. The van der Waals surface area contributed by atoms with Gasteiger partial charge in [-0.05, 0) is 156 Å². The number of aryl methyl sites for hydroxylation is 4. The lowest BCUT2D eigenvalue weighted by Crippen LogP contribution is -1.90. The van der Waals surface area contributed by atoms with E-state index in [9.17, 15) is 17.6 Å². The van der Waals surface area contributed by atoms with E-state index >= 15 is 0 Å². The lowest BCUT2D eigenvalue weighted by atomic mass is 10.1. The Bertz CT molecular complexity index is 3310. The molecule has 7 rings (SSSR count). The summed E-state index contributed by atoms with van der Waals surface area (Å²) in [6.07, 6.45) is 37.3. The Morgan fingerprint density at radius 2 is 0.685 bits per heavy atom. The fourth-order valence-corrected chi connectivity index (χ4v) is 7.38. The van der Waals surface area contributed by atoms with E-state index in [4.69, 9.17) is 4.74 Å². The number of benzene rings is 7. The van der Waals surface area contributed by atoms with Crippen molar-refractivity contribution >= 4 is 42.5 Å². The van der Waals surface area contributed by atoms with Crippen molar-refractivity contribution in [2.24, 2.45) is 41.4 Å². The van der Waals surface area contributed by atoms with Gasteiger partial charge >= 0.3 is 0 Å². The minimum absolute atomic E-state index is 0. The SMILES string of the molecule is C.CC(C)/C=C/C=C/c1ccccc1.CC(C)/C=C/c1ccccc1F.COc1ccc(/C=C/C=C/C(C)C)cc1.Cc1cc(/C=C/C(C)C)cc(F)c1F.Cc1cc(/C=C/C(C)C)ccc1F.Cc1ccc(/C=C/C(C)C)cc1.Cc1cccc(/C=C/C(C)C)c1. The summed E-state index contributed by atoms with van der Waals surface area (Å²) in [4.78, 5) is 0. The van der Waals surface area contributed by atoms with Crippen LogP contribution in [-0.2, 0) is 0 Å². The highest BCUT2D eigenvalue weighted by molar-refractivity contribution is 5.55. The first-order chi connectivity index (χ1) is 43.2. The molecule has 0 aliphatic rings. The summed E-state index contributed by atoms with van der Waals surface area (Å²) >= 11 is 0. The number of ether oxygens (including phenoxy) is 1. The van der Waals surface area contributed by atoms with Crippen molar-refractivity contribution in [1.82, 2.24) is 0 Å². The molecule has 494 valence electrons. The number of allylic oxidation sites excluding steroid dienone is 11. The monoisotopic (exact) mass is 1250 g/mol. The van der Waals surface area contributed by atoms with Crippen molar-refractivity contribution in [3.63, 3.8) is 0 Å². The summed E-state index contributed by atoms with van der Waals surface area (Å²) in [5.41, 5.74) is 11.1. The first kappa shape index (κ1) is 83.7. The second-order valence-electron chi connectivity index (χ2n) is 24.7. The molecular formula is C87H112F4O. The van der Waals surface area contributed by atoms with E-state index in [0.717, 1.165) is 11.3 Å². The van der Waals surface area contributed by atoms with Crippen LogP contribution in [0.25, 0.3) is 42.5 Å². The molecule has 0 heterocycles. The van der Waals surface area contributed by atoms with Crippen LogP contribution in [0.3, 0.4) is 0 Å². The van der Waals surface area contributed by atoms with Gasteiger partial charge in [-0.3, -0.25) is 0 Å². The standard InChI is InChI=1S/C14H18O.C13H16.C12H14F2.C12H15F.2C12H16.C11H13F.CH4/c1-12(2)6-4-5-7-13-8-10-14(15-3)11-9-13;1-12(2)8-6-7-11-13-9-4-3-5-10-13;1-8(2)4-5-10-6-9(3)12(14)11(13)7-10;1-9(2)4-5-11-6-7-12(13)10(3)8-11;1-10(2)4-7-12-8-5-11(3)6-9-12;1-10(2)7-8-12-6-4-5-11(3)9-12;1-9(2)7-8-10-5-3-4-6-11(10)12;/h4-12H,1-3H3;3-12H,1-2H3;4-8H,1-3H3;4-9H,1-3H3;2*4-10H,1-3H3;3-9H,1-2H3;1H4/b6-4+,7-5+;8-6+,11-7+;2*5-4+;7-4+;2*8-7+;. The van der Waals surface area contributed by atoms with E-state index in [1.807, 2.05) is 92.7 Å². The van der Waals surface area contributed by atoms with Crippen molar-refractivity contribution < 1.29 is 22.3 Å². The fourth-order valence-electron chi connectivity index (χ4n) is 7.38. The van der Waals surface area contributed by atoms with Crippen LogP contribution in [0.4, 0.5) is 17.6 Å². The number of hydrogen-bond donors (Lipinski definition) is 0. The molecule has 0 aromatic heterocycles. The van der Waals surface area contributed by atoms with Gasteiger partial charge in [0, 0.05) is 5.56 Å². The Hall–Kier alpha value is -8.28. The van der Waals surface area contributed by atoms with Gasteiger partial charge in [0.15, 0.2) is 11.6 Å². The van der Waals surface area contributed by atoms with E-state index in [-0.39, 0.29) is 19.1 Å². The number of hydrogen-bond acceptors (Lipinski definition) is 1. The molecule has 1 nitrogen and oxygen atoms in total. The molecule has 0 amide bonds. The van der Waals surface area contributed by atoms with E-state index in [2.05, 4.69) is 237 Å². The highest BCUT2D eigenvalue weighted by Gasteiger charge is 2.06. The molecule has 5 heteroatoms. The molecule has 0 N–H and O–H groups in total. The molecule has 0 fully saturated rings. The van der Waals surface area contributed by atoms with Crippen molar-refractivity contribution in [2.75, 3.05) is 7.11 Å². The second kappa shape index (κ2) is 49.4. The van der Waals surface area contributed by atoms with Gasteiger partial charge in [0.25, 0.3) is 0 Å². The van der Waals surface area contributed by atoms with Crippen LogP contribution in [0.5, 0.6) is 5.75 Å². The Balaban J connectivity index is 0.00000105. The van der Waals surface area contributed by atoms with Crippen LogP contribution >= 0.6 is 0 Å². The zero-order chi connectivity index (χ0) is 68.1. The summed E-state index contributed by atoms with van der Waals surface area (Å²) in [6.45, 7) is 37.4. The Kier molecular flexibility index (Phi) is 45.0. The summed E-state index contributed by atoms with van der Waals surface area (Å²) < 4.78 is 56.8. The predicted molar refractivity (Wildman–Crippen MR) is 403 cm³/mol. The number of halogens is 4. The molecule has 0 bridgehead atoms. The van der Waals surface area contributed by atoms with Crippen LogP contribution in [0.1, 0.15) is 166 Å². The van der Waals surface area contributed by atoms with Gasteiger partial charge in [0.05, 0.1) is 7.11 Å². The lowest BCUT2D eigenvalue weighted by Gasteiger charge is -2.01. The maximum Gasteiger partial charge on any atom is 0.161 e. The van der Waals surface area contributed by atoms with Crippen LogP contribution < -0.4 is 4.74 Å². The topological polar surface area (TPSA) is 9.23 Å². The minimum atomic E-state index is -0.784. The van der Waals surface area contributed by atoms with Gasteiger partial charge in [-0.1, -0.05) is 340 Å². The van der Waals surface area contributed by atoms with Gasteiger partial charge < -0.3 is 4.74 Å². The molecule has 0 saturated carbocycles.